The number of hydrogen-bond acceptors (Lipinski definition) is 4. The molecule has 0 radical (unpaired) electrons. The van der Waals surface area contributed by atoms with Gasteiger partial charge < -0.3 is 20.3 Å². The molecular weight excluding hydrogens is 490 g/mol. The third-order valence-electron chi connectivity index (χ3n) is 5.85. The highest BCUT2D eigenvalue weighted by Gasteiger charge is 2.23. The maximum Gasteiger partial charge on any atom is 0.322 e. The van der Waals surface area contributed by atoms with Crippen LogP contribution in [0.5, 0.6) is 0 Å². The fourth-order valence-corrected chi connectivity index (χ4v) is 3.78. The van der Waals surface area contributed by atoms with E-state index >= 15 is 0 Å². The summed E-state index contributed by atoms with van der Waals surface area (Å²) in [5.74, 6) is 0.213. The van der Waals surface area contributed by atoms with Crippen molar-refractivity contribution < 1.29 is 14.3 Å². The molecule has 0 atom stereocenters. The average molecular weight is 526 g/mol. The zero-order chi connectivity index (χ0) is 27.2. The number of halogens is 1. The monoisotopic (exact) mass is 525 g/mol. The van der Waals surface area contributed by atoms with Crippen LogP contribution < -0.4 is 10.6 Å². The quantitative estimate of drug-likeness (QED) is 0.338. The fraction of sp³-hybridized carbons (Fsp3) is 0.393. The Bertz CT molecular complexity index is 1230. The van der Waals surface area contributed by atoms with Crippen LogP contribution in [0.2, 0.25) is 5.02 Å². The number of anilines is 2. The zero-order valence-electron chi connectivity index (χ0n) is 22.4. The Morgan fingerprint density at radius 3 is 2.38 bits per heavy atom. The molecule has 8 nitrogen and oxygen atoms in total. The lowest BCUT2D eigenvalue weighted by Crippen LogP contribution is -2.41. The number of rotatable bonds is 9. The molecule has 0 aliphatic carbocycles. The van der Waals surface area contributed by atoms with E-state index in [4.69, 9.17) is 21.4 Å². The largest absolute Gasteiger partial charge is 0.385 e. The van der Waals surface area contributed by atoms with E-state index in [0.29, 0.717) is 36.1 Å². The first-order chi connectivity index (χ1) is 17.5. The highest BCUT2D eigenvalue weighted by atomic mass is 35.5. The first kappa shape index (κ1) is 28.2. The van der Waals surface area contributed by atoms with Crippen molar-refractivity contribution in [3.05, 3.63) is 70.4 Å². The van der Waals surface area contributed by atoms with Crippen molar-refractivity contribution in [3.8, 4) is 5.69 Å². The summed E-state index contributed by atoms with van der Waals surface area (Å²) in [6.45, 7) is 10.8. The van der Waals surface area contributed by atoms with Crippen molar-refractivity contribution in [3.63, 3.8) is 0 Å². The number of amides is 3. The third-order valence-corrected chi connectivity index (χ3v) is 6.25. The predicted molar refractivity (Wildman–Crippen MR) is 149 cm³/mol. The number of carbonyl (C=O) groups excluding carboxylic acids is 2. The Labute approximate surface area is 223 Å². The molecule has 0 aliphatic rings. The number of aryl methyl sites for hydroxylation is 2. The number of ether oxygens (including phenoxy) is 1. The van der Waals surface area contributed by atoms with Crippen LogP contribution in [0, 0.1) is 13.8 Å². The second-order valence-electron chi connectivity index (χ2n) is 10.1. The molecule has 0 bridgehead atoms. The fourth-order valence-electron chi connectivity index (χ4n) is 3.60. The second-order valence-corrected chi connectivity index (χ2v) is 10.5. The van der Waals surface area contributed by atoms with Gasteiger partial charge in [-0.2, -0.15) is 5.10 Å². The summed E-state index contributed by atoms with van der Waals surface area (Å²) in [7, 11) is 1.60. The Morgan fingerprint density at radius 1 is 1.05 bits per heavy atom. The van der Waals surface area contributed by atoms with Gasteiger partial charge in [-0.1, -0.05) is 56.1 Å². The normalized spacial score (nSPS) is 11.3. The number of methoxy groups -OCH3 is 1. The molecular formula is C28H36ClN5O3. The van der Waals surface area contributed by atoms with Crippen LogP contribution in [0.3, 0.4) is 0 Å². The summed E-state index contributed by atoms with van der Waals surface area (Å²) in [5, 5.41) is 11.1. The molecule has 0 aliphatic heterocycles. The van der Waals surface area contributed by atoms with E-state index in [0.717, 1.165) is 22.5 Å². The standard InChI is InChI=1S/C28H36ClN5O3/c1-19-8-12-22(13-9-19)34-25(17-24(32-34)28(3,4)5)31-26(35)18-33(14-7-15-37-6)27(36)30-21-11-10-20(2)23(29)16-21/h8-13,16-17H,7,14-15,18H2,1-6H3,(H,30,36)(H,31,35). The molecule has 1 aromatic heterocycles. The van der Waals surface area contributed by atoms with Crippen molar-refractivity contribution in [2.24, 2.45) is 0 Å². The Kier molecular flexibility index (Phi) is 9.34. The maximum absolute atomic E-state index is 13.2. The van der Waals surface area contributed by atoms with Crippen molar-refractivity contribution in [2.75, 3.05) is 37.4 Å². The zero-order valence-corrected chi connectivity index (χ0v) is 23.1. The lowest BCUT2D eigenvalue weighted by atomic mass is 9.92. The van der Waals surface area contributed by atoms with Gasteiger partial charge in [-0.15, -0.1) is 0 Å². The Hall–Kier alpha value is -3.36. The van der Waals surface area contributed by atoms with Gasteiger partial charge in [0.05, 0.1) is 11.4 Å². The number of aromatic nitrogens is 2. The molecule has 0 spiro atoms. The van der Waals surface area contributed by atoms with E-state index in [9.17, 15) is 9.59 Å². The molecule has 198 valence electrons. The van der Waals surface area contributed by atoms with Gasteiger partial charge in [0.25, 0.3) is 0 Å². The van der Waals surface area contributed by atoms with E-state index in [1.807, 2.05) is 50.2 Å². The molecule has 3 amide bonds. The Morgan fingerprint density at radius 2 is 1.76 bits per heavy atom. The van der Waals surface area contributed by atoms with E-state index in [1.165, 1.54) is 4.90 Å². The highest BCUT2D eigenvalue weighted by Crippen LogP contribution is 2.26. The molecule has 0 fully saturated rings. The van der Waals surface area contributed by atoms with Gasteiger partial charge in [0.15, 0.2) is 0 Å². The summed E-state index contributed by atoms with van der Waals surface area (Å²) >= 11 is 6.21. The molecule has 3 aromatic rings. The number of benzene rings is 2. The summed E-state index contributed by atoms with van der Waals surface area (Å²) in [6.07, 6.45) is 0.585. The van der Waals surface area contributed by atoms with Crippen LogP contribution in [0.1, 0.15) is 44.0 Å². The lowest BCUT2D eigenvalue weighted by Gasteiger charge is -2.23. The molecule has 37 heavy (non-hydrogen) atoms. The molecule has 0 saturated heterocycles. The van der Waals surface area contributed by atoms with Crippen molar-refractivity contribution >= 4 is 35.0 Å². The van der Waals surface area contributed by atoms with Crippen LogP contribution in [-0.4, -0.2) is 53.4 Å². The molecule has 2 N–H and O–H groups in total. The van der Waals surface area contributed by atoms with Crippen molar-refractivity contribution in [2.45, 2.75) is 46.5 Å². The minimum absolute atomic E-state index is 0.140. The summed E-state index contributed by atoms with van der Waals surface area (Å²) in [4.78, 5) is 27.7. The summed E-state index contributed by atoms with van der Waals surface area (Å²) in [6, 6.07) is 14.7. The number of nitrogens with one attached hydrogen (secondary N) is 2. The average Bonchev–Trinajstić information content (AvgIpc) is 3.25. The molecule has 1 heterocycles. The van der Waals surface area contributed by atoms with Gasteiger partial charge >= 0.3 is 6.03 Å². The van der Waals surface area contributed by atoms with Crippen LogP contribution in [0.4, 0.5) is 16.3 Å². The number of urea groups is 1. The van der Waals surface area contributed by atoms with E-state index in [-0.39, 0.29) is 17.9 Å². The molecule has 9 heteroatoms. The lowest BCUT2D eigenvalue weighted by molar-refractivity contribution is -0.116. The van der Waals surface area contributed by atoms with Gasteiger partial charge in [-0.25, -0.2) is 9.48 Å². The summed E-state index contributed by atoms with van der Waals surface area (Å²) in [5.41, 5.74) is 4.07. The molecule has 2 aromatic carbocycles. The Balaban J connectivity index is 1.80. The first-order valence-electron chi connectivity index (χ1n) is 12.3. The topological polar surface area (TPSA) is 88.5 Å². The van der Waals surface area contributed by atoms with Gasteiger partial charge in [-0.3, -0.25) is 4.79 Å². The first-order valence-corrected chi connectivity index (χ1v) is 12.6. The van der Waals surface area contributed by atoms with E-state index in [1.54, 1.807) is 23.9 Å². The predicted octanol–water partition coefficient (Wildman–Crippen LogP) is 5.95. The van der Waals surface area contributed by atoms with Gasteiger partial charge in [0.1, 0.15) is 12.4 Å². The van der Waals surface area contributed by atoms with Crippen molar-refractivity contribution in [1.29, 1.82) is 0 Å². The van der Waals surface area contributed by atoms with Gasteiger partial charge in [0, 0.05) is 42.5 Å². The minimum atomic E-state index is -0.395. The smallest absolute Gasteiger partial charge is 0.322 e. The van der Waals surface area contributed by atoms with E-state index < -0.39 is 6.03 Å². The van der Waals surface area contributed by atoms with Crippen LogP contribution in [0.25, 0.3) is 5.69 Å². The molecule has 0 saturated carbocycles. The number of carbonyl (C=O) groups is 2. The summed E-state index contributed by atoms with van der Waals surface area (Å²) < 4.78 is 6.86. The number of hydrogen-bond donors (Lipinski definition) is 2. The van der Waals surface area contributed by atoms with E-state index in [2.05, 4.69) is 31.4 Å². The van der Waals surface area contributed by atoms with Crippen LogP contribution >= 0.6 is 11.6 Å². The number of nitrogens with zero attached hydrogens (tertiary/aromatic N) is 3. The van der Waals surface area contributed by atoms with Crippen molar-refractivity contribution in [1.82, 2.24) is 14.7 Å². The maximum atomic E-state index is 13.2. The third kappa shape index (κ3) is 7.81. The highest BCUT2D eigenvalue weighted by molar-refractivity contribution is 6.31. The van der Waals surface area contributed by atoms with Gasteiger partial charge in [-0.05, 0) is 50.1 Å². The van der Waals surface area contributed by atoms with Crippen LogP contribution in [-0.2, 0) is 14.9 Å². The minimum Gasteiger partial charge on any atom is -0.385 e. The second kappa shape index (κ2) is 12.3. The van der Waals surface area contributed by atoms with Gasteiger partial charge in [0.2, 0.25) is 5.91 Å². The molecule has 0 unspecified atom stereocenters. The van der Waals surface area contributed by atoms with Crippen LogP contribution in [0.15, 0.2) is 48.5 Å². The molecule has 3 rings (SSSR count). The SMILES string of the molecule is COCCCN(CC(=O)Nc1cc(C(C)(C)C)nn1-c1ccc(C)cc1)C(=O)Nc1ccc(C)c(Cl)c1.